The van der Waals surface area contributed by atoms with Gasteiger partial charge < -0.3 is 9.84 Å². The van der Waals surface area contributed by atoms with Crippen LogP contribution in [0.3, 0.4) is 0 Å². The Morgan fingerprint density at radius 1 is 1.05 bits per heavy atom. The fourth-order valence-corrected chi connectivity index (χ4v) is 3.32. The van der Waals surface area contributed by atoms with Gasteiger partial charge in [-0.15, -0.1) is 0 Å². The van der Waals surface area contributed by atoms with Gasteiger partial charge in [0.15, 0.2) is 0 Å². The number of hydrogen-bond donors (Lipinski definition) is 1. The van der Waals surface area contributed by atoms with E-state index >= 15 is 0 Å². The Kier molecular flexibility index (Phi) is 3.62. The third-order valence-electron chi connectivity index (χ3n) is 4.35. The van der Waals surface area contributed by atoms with E-state index in [1.807, 2.05) is 62.6 Å². The third-order valence-corrected chi connectivity index (χ3v) is 4.35. The highest BCUT2D eigenvalue weighted by Gasteiger charge is 2.43. The van der Waals surface area contributed by atoms with E-state index in [0.29, 0.717) is 6.42 Å². The molecule has 1 N–H and O–H groups in total. The van der Waals surface area contributed by atoms with Crippen LogP contribution in [0.5, 0.6) is 11.5 Å². The van der Waals surface area contributed by atoms with Gasteiger partial charge in [0.2, 0.25) is 0 Å². The molecule has 1 heterocycles. The van der Waals surface area contributed by atoms with Crippen LogP contribution in [0.25, 0.3) is 0 Å². The SMILES string of the molecule is CN(C)C1(CCC(=O)O)c2ccccc2Oc2ccccc21. The molecule has 4 nitrogen and oxygen atoms in total. The number of nitrogens with zero attached hydrogens (tertiary/aromatic N) is 1. The molecule has 0 fully saturated rings. The van der Waals surface area contributed by atoms with Crippen molar-refractivity contribution in [1.29, 1.82) is 0 Å². The Balaban J connectivity index is 2.24. The molecule has 0 amide bonds. The molecule has 2 aromatic carbocycles. The molecule has 114 valence electrons. The summed E-state index contributed by atoms with van der Waals surface area (Å²) in [5.74, 6) is 0.795. The van der Waals surface area contributed by atoms with Gasteiger partial charge in [-0.3, -0.25) is 9.69 Å². The molecular weight excluding hydrogens is 278 g/mol. The molecule has 0 saturated carbocycles. The molecule has 2 aromatic rings. The van der Waals surface area contributed by atoms with Crippen LogP contribution >= 0.6 is 0 Å². The zero-order valence-corrected chi connectivity index (χ0v) is 12.7. The van der Waals surface area contributed by atoms with Gasteiger partial charge in [0.25, 0.3) is 0 Å². The quantitative estimate of drug-likeness (QED) is 0.939. The molecule has 0 aromatic heterocycles. The summed E-state index contributed by atoms with van der Waals surface area (Å²) < 4.78 is 6.02. The van der Waals surface area contributed by atoms with Crippen molar-refractivity contribution < 1.29 is 14.6 Å². The fourth-order valence-electron chi connectivity index (χ4n) is 3.32. The zero-order valence-electron chi connectivity index (χ0n) is 12.7. The van der Waals surface area contributed by atoms with Gasteiger partial charge in [-0.2, -0.15) is 0 Å². The molecule has 0 radical (unpaired) electrons. The Bertz CT molecular complexity index is 663. The maximum absolute atomic E-state index is 11.2. The smallest absolute Gasteiger partial charge is 0.303 e. The third kappa shape index (κ3) is 2.16. The number of carbonyl (C=O) groups is 1. The van der Waals surface area contributed by atoms with Crippen molar-refractivity contribution in [3.8, 4) is 11.5 Å². The second kappa shape index (κ2) is 5.46. The minimum Gasteiger partial charge on any atom is -0.481 e. The average molecular weight is 297 g/mol. The lowest BCUT2D eigenvalue weighted by atomic mass is 9.76. The van der Waals surface area contributed by atoms with Crippen LogP contribution in [0.2, 0.25) is 0 Å². The molecule has 1 aliphatic rings. The Morgan fingerprint density at radius 3 is 2.00 bits per heavy atom. The van der Waals surface area contributed by atoms with Crippen molar-refractivity contribution in [2.45, 2.75) is 18.4 Å². The molecule has 0 aliphatic carbocycles. The number of carboxylic acids is 1. The predicted molar refractivity (Wildman–Crippen MR) is 84.3 cm³/mol. The van der Waals surface area contributed by atoms with E-state index in [-0.39, 0.29) is 6.42 Å². The predicted octanol–water partition coefficient (Wildman–Crippen LogP) is 3.46. The first-order valence-electron chi connectivity index (χ1n) is 7.32. The van der Waals surface area contributed by atoms with Crippen LogP contribution in [-0.2, 0) is 10.3 Å². The van der Waals surface area contributed by atoms with E-state index in [2.05, 4.69) is 4.90 Å². The van der Waals surface area contributed by atoms with E-state index in [4.69, 9.17) is 4.74 Å². The summed E-state index contributed by atoms with van der Waals surface area (Å²) in [4.78, 5) is 13.3. The monoisotopic (exact) mass is 297 g/mol. The summed E-state index contributed by atoms with van der Waals surface area (Å²) in [5, 5.41) is 9.19. The fraction of sp³-hybridized carbons (Fsp3) is 0.278. The van der Waals surface area contributed by atoms with Crippen LogP contribution in [0.4, 0.5) is 0 Å². The van der Waals surface area contributed by atoms with E-state index in [9.17, 15) is 9.90 Å². The molecule has 4 heteroatoms. The summed E-state index contributed by atoms with van der Waals surface area (Å²) in [6, 6.07) is 15.7. The summed E-state index contributed by atoms with van der Waals surface area (Å²) in [7, 11) is 3.97. The van der Waals surface area contributed by atoms with Crippen molar-refractivity contribution >= 4 is 5.97 Å². The van der Waals surface area contributed by atoms with Crippen molar-refractivity contribution in [3.05, 3.63) is 59.7 Å². The highest BCUT2D eigenvalue weighted by molar-refractivity contribution is 5.67. The molecule has 1 aliphatic heterocycles. The Hall–Kier alpha value is -2.33. The Morgan fingerprint density at radius 2 is 1.55 bits per heavy atom. The van der Waals surface area contributed by atoms with E-state index < -0.39 is 11.5 Å². The second-order valence-electron chi connectivity index (χ2n) is 5.74. The topological polar surface area (TPSA) is 49.8 Å². The number of benzene rings is 2. The molecule has 0 saturated heterocycles. The van der Waals surface area contributed by atoms with Crippen LogP contribution in [-0.4, -0.2) is 30.1 Å². The van der Waals surface area contributed by atoms with E-state index in [1.165, 1.54) is 0 Å². The van der Waals surface area contributed by atoms with Gasteiger partial charge in [0.1, 0.15) is 11.5 Å². The first kappa shape index (κ1) is 14.6. The molecule has 0 bridgehead atoms. The molecule has 0 unspecified atom stereocenters. The number of fused-ring (bicyclic) bond motifs is 2. The maximum atomic E-state index is 11.2. The highest BCUT2D eigenvalue weighted by atomic mass is 16.5. The number of para-hydroxylation sites is 2. The minimum atomic E-state index is -0.789. The van der Waals surface area contributed by atoms with Crippen LogP contribution in [0.1, 0.15) is 24.0 Å². The average Bonchev–Trinajstić information content (AvgIpc) is 2.51. The lowest BCUT2D eigenvalue weighted by Gasteiger charge is -2.45. The summed E-state index contributed by atoms with van der Waals surface area (Å²) in [6.07, 6.45) is 0.591. The normalized spacial score (nSPS) is 14.9. The van der Waals surface area contributed by atoms with Crippen LogP contribution in [0, 0.1) is 0 Å². The summed E-state index contributed by atoms with van der Waals surface area (Å²) in [5.41, 5.74) is 1.53. The van der Waals surface area contributed by atoms with Crippen molar-refractivity contribution in [2.75, 3.05) is 14.1 Å². The number of rotatable bonds is 4. The number of aliphatic carboxylic acids is 1. The maximum Gasteiger partial charge on any atom is 0.303 e. The first-order chi connectivity index (χ1) is 10.6. The minimum absolute atomic E-state index is 0.0981. The lowest BCUT2D eigenvalue weighted by Crippen LogP contribution is -2.44. The molecule has 22 heavy (non-hydrogen) atoms. The summed E-state index contributed by atoms with van der Waals surface area (Å²) in [6.45, 7) is 0. The number of carboxylic acid groups (broad SMARTS) is 1. The van der Waals surface area contributed by atoms with Gasteiger partial charge in [-0.25, -0.2) is 0 Å². The molecular formula is C18H19NO3. The second-order valence-corrected chi connectivity index (χ2v) is 5.74. The van der Waals surface area contributed by atoms with Crippen LogP contribution < -0.4 is 4.74 Å². The van der Waals surface area contributed by atoms with Gasteiger partial charge in [0, 0.05) is 17.5 Å². The first-order valence-corrected chi connectivity index (χ1v) is 7.32. The summed E-state index contributed by atoms with van der Waals surface area (Å²) >= 11 is 0. The zero-order chi connectivity index (χ0) is 15.7. The lowest BCUT2D eigenvalue weighted by molar-refractivity contribution is -0.137. The van der Waals surface area contributed by atoms with Gasteiger partial charge >= 0.3 is 5.97 Å². The van der Waals surface area contributed by atoms with Crippen molar-refractivity contribution in [1.82, 2.24) is 4.90 Å². The molecule has 3 rings (SSSR count). The standard InChI is InChI=1S/C18H19NO3/c1-19(2)18(12-11-17(20)21)13-7-3-5-9-15(13)22-16-10-6-4-8-14(16)18/h3-10H,11-12H2,1-2H3,(H,20,21). The Labute approximate surface area is 130 Å². The van der Waals surface area contributed by atoms with E-state index in [0.717, 1.165) is 22.6 Å². The van der Waals surface area contributed by atoms with Gasteiger partial charge in [-0.1, -0.05) is 36.4 Å². The molecule has 0 atom stereocenters. The van der Waals surface area contributed by atoms with Crippen molar-refractivity contribution in [3.63, 3.8) is 0 Å². The van der Waals surface area contributed by atoms with Crippen molar-refractivity contribution in [2.24, 2.45) is 0 Å². The van der Waals surface area contributed by atoms with Gasteiger partial charge in [0.05, 0.1) is 5.54 Å². The van der Waals surface area contributed by atoms with E-state index in [1.54, 1.807) is 0 Å². The highest BCUT2D eigenvalue weighted by Crippen LogP contribution is 2.51. The largest absolute Gasteiger partial charge is 0.481 e. The number of hydrogen-bond acceptors (Lipinski definition) is 3. The van der Waals surface area contributed by atoms with Crippen LogP contribution in [0.15, 0.2) is 48.5 Å². The van der Waals surface area contributed by atoms with Gasteiger partial charge in [-0.05, 0) is 32.6 Å². The number of ether oxygens (including phenoxy) is 1. The molecule has 0 spiro atoms.